The average Bonchev–Trinajstić information content (AvgIpc) is 2.29. The molecule has 20 heavy (non-hydrogen) atoms. The lowest BCUT2D eigenvalue weighted by atomic mass is 9.74. The van der Waals surface area contributed by atoms with Gasteiger partial charge >= 0.3 is 5.97 Å². The molecular weight excluding hydrogens is 336 g/mol. The Labute approximate surface area is 131 Å². The fourth-order valence-corrected chi connectivity index (χ4v) is 3.67. The van der Waals surface area contributed by atoms with Crippen molar-refractivity contribution in [3.63, 3.8) is 0 Å². The van der Waals surface area contributed by atoms with Crippen LogP contribution in [0.2, 0.25) is 18.1 Å². The van der Waals surface area contributed by atoms with Crippen LogP contribution in [-0.4, -0.2) is 24.7 Å². The summed E-state index contributed by atoms with van der Waals surface area (Å²) in [6.07, 6.45) is 5.45. The van der Waals surface area contributed by atoms with Gasteiger partial charge in [-0.25, -0.2) is 0 Å². The van der Waals surface area contributed by atoms with Crippen molar-refractivity contribution in [3.8, 4) is 0 Å². The largest absolute Gasteiger partial charge is 0.546 e. The highest BCUT2D eigenvalue weighted by atomic mass is 79.9. The Morgan fingerprint density at radius 3 is 2.45 bits per heavy atom. The van der Waals surface area contributed by atoms with Crippen molar-refractivity contribution in [3.05, 3.63) is 24.0 Å². The van der Waals surface area contributed by atoms with E-state index in [-0.39, 0.29) is 5.04 Å². The molecule has 0 aliphatic heterocycles. The van der Waals surface area contributed by atoms with Gasteiger partial charge in [0.1, 0.15) is 0 Å². The molecule has 0 aromatic rings. The van der Waals surface area contributed by atoms with Gasteiger partial charge in [-0.1, -0.05) is 55.8 Å². The van der Waals surface area contributed by atoms with Crippen molar-refractivity contribution in [2.24, 2.45) is 11.3 Å². The summed E-state index contributed by atoms with van der Waals surface area (Å²) in [5.41, 5.74) is -0.546. The lowest BCUT2D eigenvalue weighted by Crippen LogP contribution is -2.46. The number of halogens is 1. The Bertz CT molecular complexity index is 449. The van der Waals surface area contributed by atoms with Gasteiger partial charge in [0.15, 0.2) is 0 Å². The minimum Gasteiger partial charge on any atom is -0.546 e. The van der Waals surface area contributed by atoms with Gasteiger partial charge < -0.3 is 9.53 Å². The van der Waals surface area contributed by atoms with Gasteiger partial charge in [0, 0.05) is 10.7 Å². The van der Waals surface area contributed by atoms with E-state index in [0.717, 1.165) is 5.76 Å². The Kier molecular flexibility index (Phi) is 4.97. The Morgan fingerprint density at radius 2 is 2.05 bits per heavy atom. The smallest absolute Gasteiger partial charge is 0.311 e. The second-order valence-corrected chi connectivity index (χ2v) is 12.4. The van der Waals surface area contributed by atoms with Crippen molar-refractivity contribution in [2.75, 3.05) is 5.33 Å². The average molecular weight is 361 g/mol. The summed E-state index contributed by atoms with van der Waals surface area (Å²) in [5.74, 6) is -0.588. The monoisotopic (exact) mass is 360 g/mol. The standard InChI is InChI=1S/C15H25BrO3Si/c1-14(2,3)20(5,6)19-12-9-7-8-11(13(17)18)15(12,4)10-16/h7-9,11H,10H2,1-6H3,(H,17,18). The Balaban J connectivity index is 3.14. The first-order valence-corrected chi connectivity index (χ1v) is 10.9. The normalized spacial score (nSPS) is 27.1. The summed E-state index contributed by atoms with van der Waals surface area (Å²) in [6.45, 7) is 12.8. The lowest BCUT2D eigenvalue weighted by molar-refractivity contribution is -0.143. The zero-order chi connectivity index (χ0) is 15.8. The van der Waals surface area contributed by atoms with Crippen LogP contribution in [0.1, 0.15) is 27.7 Å². The van der Waals surface area contributed by atoms with E-state index in [1.165, 1.54) is 0 Å². The second kappa shape index (κ2) is 5.68. The van der Waals surface area contributed by atoms with E-state index in [1.807, 2.05) is 13.0 Å². The van der Waals surface area contributed by atoms with Crippen LogP contribution in [0.3, 0.4) is 0 Å². The number of carboxylic acids is 1. The van der Waals surface area contributed by atoms with Crippen LogP contribution in [0.25, 0.3) is 0 Å². The molecular formula is C15H25BrO3Si. The highest BCUT2D eigenvalue weighted by molar-refractivity contribution is 9.09. The number of rotatable bonds is 4. The molecule has 0 saturated heterocycles. The van der Waals surface area contributed by atoms with Gasteiger partial charge in [-0.3, -0.25) is 4.79 Å². The third-order valence-corrected chi connectivity index (χ3v) is 10.0. The van der Waals surface area contributed by atoms with Crippen molar-refractivity contribution < 1.29 is 14.3 Å². The molecule has 0 radical (unpaired) electrons. The molecule has 0 aromatic heterocycles. The summed E-state index contributed by atoms with van der Waals surface area (Å²) in [7, 11) is -1.98. The van der Waals surface area contributed by atoms with Gasteiger partial charge in [-0.15, -0.1) is 0 Å². The van der Waals surface area contributed by atoms with E-state index in [0.29, 0.717) is 5.33 Å². The molecule has 0 aromatic carbocycles. The fraction of sp³-hybridized carbons (Fsp3) is 0.667. The first kappa shape index (κ1) is 17.5. The van der Waals surface area contributed by atoms with Crippen molar-refractivity contribution >= 4 is 30.2 Å². The van der Waals surface area contributed by atoms with E-state index in [9.17, 15) is 9.90 Å². The number of aliphatic carboxylic acids is 1. The summed E-state index contributed by atoms with van der Waals surface area (Å²) in [6, 6.07) is 0. The molecule has 0 fully saturated rings. The molecule has 1 rings (SSSR count). The van der Waals surface area contributed by atoms with Gasteiger partial charge in [0.2, 0.25) is 8.32 Å². The van der Waals surface area contributed by atoms with Crippen LogP contribution in [0, 0.1) is 11.3 Å². The van der Waals surface area contributed by atoms with Gasteiger partial charge in [-0.05, 0) is 24.2 Å². The summed E-state index contributed by atoms with van der Waals surface area (Å²) >= 11 is 3.47. The van der Waals surface area contributed by atoms with E-state index < -0.39 is 25.6 Å². The van der Waals surface area contributed by atoms with Crippen LogP contribution in [0.15, 0.2) is 24.0 Å². The first-order valence-electron chi connectivity index (χ1n) is 6.82. The molecule has 1 aliphatic rings. The number of carboxylic acid groups (broad SMARTS) is 1. The Morgan fingerprint density at radius 1 is 1.50 bits per heavy atom. The first-order chi connectivity index (χ1) is 8.95. The van der Waals surface area contributed by atoms with Crippen molar-refractivity contribution in [1.29, 1.82) is 0 Å². The number of allylic oxidation sites excluding steroid dienone is 3. The van der Waals surface area contributed by atoms with Crippen LogP contribution in [0.4, 0.5) is 0 Å². The highest BCUT2D eigenvalue weighted by Gasteiger charge is 2.47. The van der Waals surface area contributed by atoms with Crippen LogP contribution >= 0.6 is 15.9 Å². The minimum absolute atomic E-state index is 0.0843. The van der Waals surface area contributed by atoms with Crippen LogP contribution < -0.4 is 0 Å². The number of alkyl halides is 1. The topological polar surface area (TPSA) is 46.5 Å². The molecule has 0 heterocycles. The van der Waals surface area contributed by atoms with Gasteiger partial charge in [0.05, 0.1) is 11.7 Å². The molecule has 3 nitrogen and oxygen atoms in total. The zero-order valence-electron chi connectivity index (χ0n) is 13.2. The molecule has 0 bridgehead atoms. The number of hydrogen-bond acceptors (Lipinski definition) is 2. The summed E-state index contributed by atoms with van der Waals surface area (Å²) < 4.78 is 6.39. The second-order valence-electron chi connectivity index (χ2n) is 7.15. The van der Waals surface area contributed by atoms with Crippen molar-refractivity contribution in [2.45, 2.75) is 45.8 Å². The molecule has 0 saturated carbocycles. The van der Waals surface area contributed by atoms with Gasteiger partial charge in [-0.2, -0.15) is 0 Å². The molecule has 2 unspecified atom stereocenters. The third-order valence-electron chi connectivity index (χ3n) is 4.52. The highest BCUT2D eigenvalue weighted by Crippen LogP contribution is 2.46. The van der Waals surface area contributed by atoms with Crippen LogP contribution in [-0.2, 0) is 9.22 Å². The number of hydrogen-bond donors (Lipinski definition) is 1. The van der Waals surface area contributed by atoms with Crippen molar-refractivity contribution in [1.82, 2.24) is 0 Å². The van der Waals surface area contributed by atoms with E-state index in [2.05, 4.69) is 49.8 Å². The zero-order valence-corrected chi connectivity index (χ0v) is 15.7. The molecule has 114 valence electrons. The predicted molar refractivity (Wildman–Crippen MR) is 88.5 cm³/mol. The quantitative estimate of drug-likeness (QED) is 0.590. The summed E-state index contributed by atoms with van der Waals surface area (Å²) in [5, 5.41) is 10.1. The molecule has 1 N–H and O–H groups in total. The van der Waals surface area contributed by atoms with E-state index >= 15 is 0 Å². The molecule has 0 amide bonds. The molecule has 0 spiro atoms. The van der Waals surface area contributed by atoms with Crippen LogP contribution in [0.5, 0.6) is 0 Å². The van der Waals surface area contributed by atoms with Gasteiger partial charge in [0.25, 0.3) is 0 Å². The number of carbonyl (C=O) groups is 1. The maximum absolute atomic E-state index is 11.5. The minimum atomic E-state index is -1.98. The van der Waals surface area contributed by atoms with E-state index in [1.54, 1.807) is 12.2 Å². The summed E-state index contributed by atoms with van der Waals surface area (Å²) in [4.78, 5) is 11.5. The maximum atomic E-state index is 11.5. The third kappa shape index (κ3) is 3.19. The SMILES string of the molecule is CC1(CBr)C(O[Si](C)(C)C(C)(C)C)=CC=CC1C(=O)O. The predicted octanol–water partition coefficient (Wildman–Crippen LogP) is 4.56. The fourth-order valence-electron chi connectivity index (χ4n) is 1.89. The molecule has 2 atom stereocenters. The van der Waals surface area contributed by atoms with E-state index in [4.69, 9.17) is 4.43 Å². The Hall–Kier alpha value is -0.553. The molecule has 1 aliphatic carbocycles. The molecule has 5 heteroatoms. The maximum Gasteiger partial charge on any atom is 0.311 e. The lowest BCUT2D eigenvalue weighted by Gasteiger charge is -2.44.